The molecular formula is C16H16F2N6. The standard InChI is InChI=1S/C16H16F2N6/c17-13-1-2-14(18)12(9-13)10-22-5-7-23(8-6-22)15-16-21-20-11-24(16)4-3-19-15/h1-4,9,11H,5-8,10H2. The highest BCUT2D eigenvalue weighted by Crippen LogP contribution is 2.19. The second kappa shape index (κ2) is 6.12. The molecule has 3 aromatic rings. The fourth-order valence-electron chi connectivity index (χ4n) is 2.99. The van der Waals surface area contributed by atoms with Gasteiger partial charge in [-0.1, -0.05) is 0 Å². The first kappa shape index (κ1) is 14.9. The van der Waals surface area contributed by atoms with Crippen LogP contribution in [0.15, 0.2) is 36.9 Å². The van der Waals surface area contributed by atoms with Crippen molar-refractivity contribution in [2.75, 3.05) is 31.1 Å². The number of aromatic nitrogens is 4. The summed E-state index contributed by atoms with van der Waals surface area (Å²) in [5, 5.41) is 8.01. The summed E-state index contributed by atoms with van der Waals surface area (Å²) in [6.07, 6.45) is 5.17. The molecular weight excluding hydrogens is 314 g/mol. The molecule has 0 N–H and O–H groups in total. The first-order valence-electron chi connectivity index (χ1n) is 7.76. The molecule has 0 bridgehead atoms. The van der Waals surface area contributed by atoms with Gasteiger partial charge in [0.25, 0.3) is 0 Å². The number of anilines is 1. The highest BCUT2D eigenvalue weighted by atomic mass is 19.1. The lowest BCUT2D eigenvalue weighted by Crippen LogP contribution is -2.46. The minimum Gasteiger partial charge on any atom is -0.351 e. The third kappa shape index (κ3) is 2.80. The molecule has 1 aliphatic heterocycles. The number of fused-ring (bicyclic) bond motifs is 1. The van der Waals surface area contributed by atoms with E-state index in [-0.39, 0.29) is 5.82 Å². The Morgan fingerprint density at radius 2 is 1.92 bits per heavy atom. The molecule has 0 unspecified atom stereocenters. The zero-order valence-corrected chi connectivity index (χ0v) is 12.9. The molecule has 4 rings (SSSR count). The van der Waals surface area contributed by atoms with E-state index in [2.05, 4.69) is 25.0 Å². The first-order chi connectivity index (χ1) is 11.7. The van der Waals surface area contributed by atoms with Crippen molar-refractivity contribution < 1.29 is 8.78 Å². The van der Waals surface area contributed by atoms with Crippen LogP contribution in [-0.4, -0.2) is 50.7 Å². The van der Waals surface area contributed by atoms with Crippen LogP contribution < -0.4 is 4.90 Å². The van der Waals surface area contributed by atoms with Crippen molar-refractivity contribution >= 4 is 11.5 Å². The predicted molar refractivity (Wildman–Crippen MR) is 84.6 cm³/mol. The van der Waals surface area contributed by atoms with Crippen molar-refractivity contribution in [3.63, 3.8) is 0 Å². The van der Waals surface area contributed by atoms with Crippen LogP contribution in [0, 0.1) is 11.6 Å². The van der Waals surface area contributed by atoms with Crippen LogP contribution in [0.2, 0.25) is 0 Å². The summed E-state index contributed by atoms with van der Waals surface area (Å²) < 4.78 is 28.9. The zero-order chi connectivity index (χ0) is 16.5. The first-order valence-corrected chi connectivity index (χ1v) is 7.76. The Morgan fingerprint density at radius 1 is 1.08 bits per heavy atom. The quantitative estimate of drug-likeness (QED) is 0.732. The van der Waals surface area contributed by atoms with Gasteiger partial charge in [0.05, 0.1) is 0 Å². The maximum atomic E-state index is 13.8. The molecule has 0 spiro atoms. The molecule has 0 radical (unpaired) electrons. The summed E-state index contributed by atoms with van der Waals surface area (Å²) in [5.74, 6) is 0.0213. The van der Waals surface area contributed by atoms with Crippen LogP contribution in [0.5, 0.6) is 0 Å². The normalized spacial score (nSPS) is 16.0. The number of hydrogen-bond donors (Lipinski definition) is 0. The van der Waals surface area contributed by atoms with Gasteiger partial charge >= 0.3 is 0 Å². The van der Waals surface area contributed by atoms with Gasteiger partial charge in [0, 0.05) is 50.7 Å². The summed E-state index contributed by atoms with van der Waals surface area (Å²) in [6, 6.07) is 3.58. The molecule has 2 aromatic heterocycles. The molecule has 1 aliphatic rings. The SMILES string of the molecule is Fc1ccc(F)c(CN2CCN(c3nccn4cnnc34)CC2)c1. The van der Waals surface area contributed by atoms with E-state index in [1.54, 1.807) is 12.5 Å². The number of nitrogens with zero attached hydrogens (tertiary/aromatic N) is 6. The predicted octanol–water partition coefficient (Wildman–Crippen LogP) is 1.72. The number of halogens is 2. The zero-order valence-electron chi connectivity index (χ0n) is 12.9. The Kier molecular flexibility index (Phi) is 3.81. The van der Waals surface area contributed by atoms with Gasteiger partial charge in [0.2, 0.25) is 5.65 Å². The topological polar surface area (TPSA) is 49.6 Å². The number of hydrogen-bond acceptors (Lipinski definition) is 5. The molecule has 0 aliphatic carbocycles. The molecule has 6 nitrogen and oxygen atoms in total. The molecule has 8 heteroatoms. The summed E-state index contributed by atoms with van der Waals surface area (Å²) in [6.45, 7) is 3.38. The lowest BCUT2D eigenvalue weighted by Gasteiger charge is -2.35. The smallest absolute Gasteiger partial charge is 0.203 e. The van der Waals surface area contributed by atoms with E-state index in [9.17, 15) is 8.78 Å². The lowest BCUT2D eigenvalue weighted by atomic mass is 10.1. The third-order valence-electron chi connectivity index (χ3n) is 4.27. The van der Waals surface area contributed by atoms with E-state index < -0.39 is 5.82 Å². The van der Waals surface area contributed by atoms with Crippen molar-refractivity contribution in [2.24, 2.45) is 0 Å². The summed E-state index contributed by atoms with van der Waals surface area (Å²) in [4.78, 5) is 8.66. The van der Waals surface area contributed by atoms with Gasteiger partial charge in [-0.15, -0.1) is 10.2 Å². The Bertz CT molecular complexity index is 857. The second-order valence-corrected chi connectivity index (χ2v) is 5.81. The summed E-state index contributed by atoms with van der Waals surface area (Å²) >= 11 is 0. The van der Waals surface area contributed by atoms with Crippen LogP contribution in [-0.2, 0) is 6.54 Å². The molecule has 0 saturated carbocycles. The van der Waals surface area contributed by atoms with Gasteiger partial charge in [0.1, 0.15) is 18.0 Å². The van der Waals surface area contributed by atoms with E-state index in [1.807, 2.05) is 10.6 Å². The maximum Gasteiger partial charge on any atom is 0.203 e. The minimum atomic E-state index is -0.410. The fraction of sp³-hybridized carbons (Fsp3) is 0.312. The van der Waals surface area contributed by atoms with Gasteiger partial charge in [-0.2, -0.15) is 0 Å². The van der Waals surface area contributed by atoms with Crippen LogP contribution in [0.1, 0.15) is 5.56 Å². The Morgan fingerprint density at radius 3 is 2.75 bits per heavy atom. The van der Waals surface area contributed by atoms with Gasteiger partial charge in [0.15, 0.2) is 5.82 Å². The van der Waals surface area contributed by atoms with Gasteiger partial charge < -0.3 is 4.90 Å². The molecule has 124 valence electrons. The maximum absolute atomic E-state index is 13.8. The number of piperazine rings is 1. The Labute approximate surface area is 137 Å². The molecule has 24 heavy (non-hydrogen) atoms. The highest BCUT2D eigenvalue weighted by molar-refractivity contribution is 5.63. The van der Waals surface area contributed by atoms with E-state index in [1.165, 1.54) is 12.1 Å². The average molecular weight is 330 g/mol. The van der Waals surface area contributed by atoms with E-state index >= 15 is 0 Å². The van der Waals surface area contributed by atoms with Gasteiger partial charge in [-0.25, -0.2) is 13.8 Å². The molecule has 1 saturated heterocycles. The van der Waals surface area contributed by atoms with E-state index in [4.69, 9.17) is 0 Å². The van der Waals surface area contributed by atoms with E-state index in [0.717, 1.165) is 43.7 Å². The molecule has 1 fully saturated rings. The lowest BCUT2D eigenvalue weighted by molar-refractivity contribution is 0.246. The second-order valence-electron chi connectivity index (χ2n) is 5.81. The molecule has 0 atom stereocenters. The summed E-state index contributed by atoms with van der Waals surface area (Å²) in [7, 11) is 0. The largest absolute Gasteiger partial charge is 0.351 e. The van der Waals surface area contributed by atoms with Crippen molar-refractivity contribution in [3.8, 4) is 0 Å². The molecule has 0 amide bonds. The van der Waals surface area contributed by atoms with Crippen LogP contribution in [0.4, 0.5) is 14.6 Å². The Hall–Kier alpha value is -2.61. The van der Waals surface area contributed by atoms with Crippen molar-refractivity contribution in [3.05, 3.63) is 54.1 Å². The fourth-order valence-corrected chi connectivity index (χ4v) is 2.99. The third-order valence-corrected chi connectivity index (χ3v) is 4.27. The average Bonchev–Trinajstić information content (AvgIpc) is 3.08. The van der Waals surface area contributed by atoms with Crippen LogP contribution in [0.25, 0.3) is 5.65 Å². The monoisotopic (exact) mass is 330 g/mol. The minimum absolute atomic E-state index is 0.367. The number of rotatable bonds is 3. The molecule has 3 heterocycles. The van der Waals surface area contributed by atoms with Crippen LogP contribution >= 0.6 is 0 Å². The van der Waals surface area contributed by atoms with Crippen LogP contribution in [0.3, 0.4) is 0 Å². The molecule has 1 aromatic carbocycles. The van der Waals surface area contributed by atoms with Crippen molar-refractivity contribution in [1.82, 2.24) is 24.5 Å². The van der Waals surface area contributed by atoms with Crippen molar-refractivity contribution in [2.45, 2.75) is 6.54 Å². The Balaban J connectivity index is 1.45. The highest BCUT2D eigenvalue weighted by Gasteiger charge is 2.21. The van der Waals surface area contributed by atoms with E-state index in [0.29, 0.717) is 12.1 Å². The van der Waals surface area contributed by atoms with Gasteiger partial charge in [-0.3, -0.25) is 9.30 Å². The summed E-state index contributed by atoms with van der Waals surface area (Å²) in [5.41, 5.74) is 1.11. The number of benzene rings is 1. The van der Waals surface area contributed by atoms with Gasteiger partial charge in [-0.05, 0) is 18.2 Å². The van der Waals surface area contributed by atoms with Crippen molar-refractivity contribution in [1.29, 1.82) is 0 Å².